The third-order valence-corrected chi connectivity index (χ3v) is 4.11. The van der Waals surface area contributed by atoms with Crippen LogP contribution < -0.4 is 5.32 Å². The summed E-state index contributed by atoms with van der Waals surface area (Å²) in [7, 11) is 1.61. The molecule has 4 nitrogen and oxygen atoms in total. The number of amides is 1. The molecule has 0 saturated carbocycles. The standard InChI is InChI=1S/C15H10Cl2N2O2S/c1-19-14(20)12(18-15(19)22)7-9-3-5-13(21-9)10-4-2-8(16)6-11(10)17/h2-7H,1H3,(H,18,22)/b12-7-. The van der Waals surface area contributed by atoms with Crippen LogP contribution in [0.15, 0.2) is 40.4 Å². The Hall–Kier alpha value is -1.82. The first kappa shape index (κ1) is 15.1. The molecule has 22 heavy (non-hydrogen) atoms. The fourth-order valence-electron chi connectivity index (χ4n) is 2.03. The van der Waals surface area contributed by atoms with E-state index in [1.807, 2.05) is 0 Å². The zero-order valence-corrected chi connectivity index (χ0v) is 13.7. The van der Waals surface area contributed by atoms with Crippen LogP contribution in [0.25, 0.3) is 17.4 Å². The number of carbonyl (C=O) groups is 1. The third kappa shape index (κ3) is 2.75. The Labute approximate surface area is 142 Å². The van der Waals surface area contributed by atoms with Gasteiger partial charge in [-0.25, -0.2) is 0 Å². The molecule has 0 atom stereocenters. The van der Waals surface area contributed by atoms with Crippen molar-refractivity contribution in [3.8, 4) is 11.3 Å². The lowest BCUT2D eigenvalue weighted by Crippen LogP contribution is -2.25. The van der Waals surface area contributed by atoms with Gasteiger partial charge in [0.15, 0.2) is 5.11 Å². The summed E-state index contributed by atoms with van der Waals surface area (Å²) in [5.74, 6) is 0.914. The summed E-state index contributed by atoms with van der Waals surface area (Å²) in [6.45, 7) is 0. The number of halogens is 2. The predicted octanol–water partition coefficient (Wildman–Crippen LogP) is 3.94. The topological polar surface area (TPSA) is 45.5 Å². The van der Waals surface area contributed by atoms with Crippen LogP contribution in [-0.2, 0) is 4.79 Å². The Balaban J connectivity index is 1.92. The Morgan fingerprint density at radius 3 is 2.68 bits per heavy atom. The van der Waals surface area contributed by atoms with Crippen LogP contribution >= 0.6 is 35.4 Å². The van der Waals surface area contributed by atoms with E-state index in [1.165, 1.54) is 4.90 Å². The highest BCUT2D eigenvalue weighted by atomic mass is 35.5. The Morgan fingerprint density at radius 1 is 1.27 bits per heavy atom. The number of furan rings is 1. The smallest absolute Gasteiger partial charge is 0.276 e. The maximum Gasteiger partial charge on any atom is 0.276 e. The van der Waals surface area contributed by atoms with E-state index < -0.39 is 0 Å². The molecule has 1 aromatic carbocycles. The van der Waals surface area contributed by atoms with Gasteiger partial charge in [-0.3, -0.25) is 9.69 Å². The molecule has 3 rings (SSSR count). The molecule has 0 spiro atoms. The first-order valence-corrected chi connectivity index (χ1v) is 7.48. The van der Waals surface area contributed by atoms with Crippen molar-refractivity contribution in [1.82, 2.24) is 10.2 Å². The predicted molar refractivity (Wildman–Crippen MR) is 90.6 cm³/mol. The van der Waals surface area contributed by atoms with Gasteiger partial charge in [0.05, 0.1) is 5.02 Å². The highest BCUT2D eigenvalue weighted by molar-refractivity contribution is 7.80. The molecule has 0 unspecified atom stereocenters. The first-order chi connectivity index (χ1) is 10.5. The zero-order valence-electron chi connectivity index (χ0n) is 11.4. The van der Waals surface area contributed by atoms with Crippen LogP contribution in [0, 0.1) is 0 Å². The molecule has 1 aromatic heterocycles. The fraction of sp³-hybridized carbons (Fsp3) is 0.0667. The van der Waals surface area contributed by atoms with Gasteiger partial charge in [-0.15, -0.1) is 0 Å². The van der Waals surface area contributed by atoms with E-state index in [-0.39, 0.29) is 5.91 Å². The molecule has 1 aliphatic heterocycles. The summed E-state index contributed by atoms with van der Waals surface area (Å²) in [6.07, 6.45) is 1.60. The van der Waals surface area contributed by atoms with Gasteiger partial charge in [0, 0.05) is 23.7 Å². The van der Waals surface area contributed by atoms with E-state index in [0.29, 0.717) is 32.4 Å². The van der Waals surface area contributed by atoms with Gasteiger partial charge in [0.1, 0.15) is 17.2 Å². The van der Waals surface area contributed by atoms with Crippen LogP contribution in [0.2, 0.25) is 10.0 Å². The summed E-state index contributed by atoms with van der Waals surface area (Å²) in [4.78, 5) is 13.3. The monoisotopic (exact) mass is 352 g/mol. The largest absolute Gasteiger partial charge is 0.457 e. The summed E-state index contributed by atoms with van der Waals surface area (Å²) < 4.78 is 5.71. The van der Waals surface area contributed by atoms with Crippen molar-refractivity contribution in [2.24, 2.45) is 0 Å². The molecule has 1 N–H and O–H groups in total. The fourth-order valence-corrected chi connectivity index (χ4v) is 2.72. The molecule has 7 heteroatoms. The second kappa shape index (κ2) is 5.76. The Bertz CT molecular complexity index is 814. The normalized spacial score (nSPS) is 16.5. The van der Waals surface area contributed by atoms with E-state index in [1.54, 1.807) is 43.5 Å². The van der Waals surface area contributed by atoms with Crippen molar-refractivity contribution in [3.63, 3.8) is 0 Å². The average Bonchev–Trinajstić information content (AvgIpc) is 3.01. The number of thiocarbonyl (C=S) groups is 1. The summed E-state index contributed by atoms with van der Waals surface area (Å²) in [6, 6.07) is 8.70. The molecule has 1 saturated heterocycles. The third-order valence-electron chi connectivity index (χ3n) is 3.19. The number of rotatable bonds is 2. The lowest BCUT2D eigenvalue weighted by atomic mass is 10.2. The summed E-state index contributed by atoms with van der Waals surface area (Å²) in [5.41, 5.74) is 1.10. The maximum atomic E-state index is 11.9. The van der Waals surface area contributed by atoms with Gasteiger partial charge in [-0.2, -0.15) is 0 Å². The molecule has 112 valence electrons. The van der Waals surface area contributed by atoms with Crippen molar-refractivity contribution in [3.05, 3.63) is 51.8 Å². The molecular weight excluding hydrogens is 343 g/mol. The first-order valence-electron chi connectivity index (χ1n) is 6.31. The number of likely N-dealkylation sites (N-methyl/N-ethyl adjacent to an activating group) is 1. The lowest BCUT2D eigenvalue weighted by molar-refractivity contribution is -0.121. The van der Waals surface area contributed by atoms with Crippen molar-refractivity contribution in [2.75, 3.05) is 7.05 Å². The van der Waals surface area contributed by atoms with E-state index in [4.69, 9.17) is 39.8 Å². The second-order valence-electron chi connectivity index (χ2n) is 4.68. The quantitative estimate of drug-likeness (QED) is 0.656. The minimum absolute atomic E-state index is 0.201. The highest BCUT2D eigenvalue weighted by Gasteiger charge is 2.27. The van der Waals surface area contributed by atoms with Crippen LogP contribution in [0.5, 0.6) is 0 Å². The number of nitrogens with zero attached hydrogens (tertiary/aromatic N) is 1. The summed E-state index contributed by atoms with van der Waals surface area (Å²) >= 11 is 17.0. The molecule has 1 amide bonds. The zero-order chi connectivity index (χ0) is 15.9. The van der Waals surface area contributed by atoms with Gasteiger partial charge >= 0.3 is 0 Å². The molecule has 0 aliphatic carbocycles. The van der Waals surface area contributed by atoms with Gasteiger partial charge in [-0.05, 0) is 42.5 Å². The molecule has 2 heterocycles. The number of hydrogen-bond acceptors (Lipinski definition) is 3. The Kier molecular flexibility index (Phi) is 3.95. The van der Waals surface area contributed by atoms with Crippen molar-refractivity contribution < 1.29 is 9.21 Å². The van der Waals surface area contributed by atoms with Gasteiger partial charge < -0.3 is 9.73 Å². The average molecular weight is 353 g/mol. The van der Waals surface area contributed by atoms with Crippen molar-refractivity contribution >= 4 is 52.5 Å². The number of hydrogen-bond donors (Lipinski definition) is 1. The van der Waals surface area contributed by atoms with Crippen LogP contribution in [0.1, 0.15) is 5.76 Å². The SMILES string of the molecule is CN1C(=O)/C(=C/c2ccc(-c3ccc(Cl)cc3Cl)o2)NC1=S. The molecule has 2 aromatic rings. The lowest BCUT2D eigenvalue weighted by Gasteiger charge is -2.02. The van der Waals surface area contributed by atoms with Crippen LogP contribution in [0.3, 0.4) is 0 Å². The minimum atomic E-state index is -0.201. The van der Waals surface area contributed by atoms with Crippen molar-refractivity contribution in [1.29, 1.82) is 0 Å². The number of carbonyl (C=O) groups excluding carboxylic acids is 1. The molecule has 0 radical (unpaired) electrons. The molecule has 0 bridgehead atoms. The summed E-state index contributed by atoms with van der Waals surface area (Å²) in [5, 5.41) is 4.25. The van der Waals surface area contributed by atoms with Gasteiger partial charge in [-0.1, -0.05) is 23.2 Å². The minimum Gasteiger partial charge on any atom is -0.457 e. The molecule has 1 aliphatic rings. The highest BCUT2D eigenvalue weighted by Crippen LogP contribution is 2.32. The molecule has 1 fully saturated rings. The number of nitrogens with one attached hydrogen (secondary N) is 1. The molecular formula is C15H10Cl2N2O2S. The second-order valence-corrected chi connectivity index (χ2v) is 5.91. The van der Waals surface area contributed by atoms with E-state index in [9.17, 15) is 4.79 Å². The van der Waals surface area contributed by atoms with E-state index >= 15 is 0 Å². The Morgan fingerprint density at radius 2 is 2.05 bits per heavy atom. The maximum absolute atomic E-state index is 11.9. The van der Waals surface area contributed by atoms with Gasteiger partial charge in [0.25, 0.3) is 5.91 Å². The van der Waals surface area contributed by atoms with E-state index in [2.05, 4.69) is 5.32 Å². The van der Waals surface area contributed by atoms with Crippen molar-refractivity contribution in [2.45, 2.75) is 0 Å². The number of benzene rings is 1. The van der Waals surface area contributed by atoms with Crippen LogP contribution in [0.4, 0.5) is 0 Å². The van der Waals surface area contributed by atoms with Crippen LogP contribution in [-0.4, -0.2) is 23.0 Å². The van der Waals surface area contributed by atoms with E-state index in [0.717, 1.165) is 5.56 Å². The van der Waals surface area contributed by atoms with Gasteiger partial charge in [0.2, 0.25) is 0 Å².